The lowest BCUT2D eigenvalue weighted by Crippen LogP contribution is -2.60. The van der Waals surface area contributed by atoms with Crippen molar-refractivity contribution in [3.63, 3.8) is 0 Å². The van der Waals surface area contributed by atoms with Crippen LogP contribution in [0.4, 0.5) is 0 Å². The summed E-state index contributed by atoms with van der Waals surface area (Å²) in [5, 5.41) is 54.2. The average molecular weight is 821 g/mol. The average Bonchev–Trinajstić information content (AvgIpc) is 3.57. The minimum Gasteiger partial charge on any atom is -0.479 e. The molecule has 0 aromatic rings. The molecule has 0 radical (unpaired) electrons. The van der Waals surface area contributed by atoms with Crippen molar-refractivity contribution in [1.29, 1.82) is 0 Å². The van der Waals surface area contributed by atoms with Crippen LogP contribution in [0.5, 0.6) is 0 Å². The minimum atomic E-state index is -1.95. The number of carboxylic acid groups (broad SMARTS) is 1. The number of hydrogen-bond donors (Lipinski definition) is 5. The summed E-state index contributed by atoms with van der Waals surface area (Å²) in [6.45, 7) is 16.9. The monoisotopic (exact) mass is 820 g/mol. The zero-order chi connectivity index (χ0) is 41.8. The number of carboxylic acids is 1. The van der Waals surface area contributed by atoms with Crippen molar-refractivity contribution in [2.24, 2.45) is 23.7 Å². The van der Waals surface area contributed by atoms with Gasteiger partial charge in [-0.05, 0) is 114 Å². The molecule has 7 aliphatic heterocycles. The molecule has 13 heteroatoms. The largest absolute Gasteiger partial charge is 0.479 e. The van der Waals surface area contributed by atoms with Gasteiger partial charge in [-0.2, -0.15) is 0 Å². The van der Waals surface area contributed by atoms with Gasteiger partial charge in [-0.15, -0.1) is 0 Å². The molecule has 7 rings (SSSR count). The van der Waals surface area contributed by atoms with Crippen molar-refractivity contribution in [3.05, 3.63) is 23.8 Å². The molecule has 18 atom stereocenters. The third kappa shape index (κ3) is 9.02. The molecular weight excluding hydrogens is 748 g/mol. The number of aliphatic hydroxyl groups is 4. The van der Waals surface area contributed by atoms with E-state index in [0.717, 1.165) is 57.1 Å². The summed E-state index contributed by atoms with van der Waals surface area (Å²) in [6.07, 6.45) is 6.57. The maximum Gasteiger partial charge on any atom is 0.335 e. The van der Waals surface area contributed by atoms with E-state index < -0.39 is 71.7 Å². The van der Waals surface area contributed by atoms with E-state index in [1.165, 1.54) is 6.92 Å². The van der Waals surface area contributed by atoms with Crippen LogP contribution >= 0.6 is 0 Å². The Kier molecular flexibility index (Phi) is 13.3. The lowest BCUT2D eigenvalue weighted by atomic mass is 9.78. The molecule has 5 N–H and O–H groups in total. The molecule has 6 saturated heterocycles. The summed E-state index contributed by atoms with van der Waals surface area (Å²) in [6, 6.07) is 0. The summed E-state index contributed by atoms with van der Waals surface area (Å²) >= 11 is 0. The summed E-state index contributed by atoms with van der Waals surface area (Å²) in [5.41, 5.74) is -0.495. The van der Waals surface area contributed by atoms with Gasteiger partial charge in [0.2, 0.25) is 5.79 Å². The summed E-state index contributed by atoms with van der Waals surface area (Å²) in [5.74, 6) is -3.27. The highest BCUT2D eigenvalue weighted by Crippen LogP contribution is 2.49. The fourth-order valence-electron chi connectivity index (χ4n) is 11.2. The Labute approximate surface area is 344 Å². The van der Waals surface area contributed by atoms with Crippen LogP contribution in [0.3, 0.4) is 0 Å². The van der Waals surface area contributed by atoms with Crippen molar-refractivity contribution in [2.45, 2.75) is 222 Å². The van der Waals surface area contributed by atoms with Crippen LogP contribution in [0.2, 0.25) is 0 Å². The van der Waals surface area contributed by atoms with Crippen LogP contribution in [-0.4, -0.2) is 122 Å². The molecule has 13 nitrogen and oxygen atoms in total. The fourth-order valence-corrected chi connectivity index (χ4v) is 11.2. The van der Waals surface area contributed by atoms with E-state index >= 15 is 0 Å². The zero-order valence-electron chi connectivity index (χ0n) is 35.7. The smallest absolute Gasteiger partial charge is 0.335 e. The minimum absolute atomic E-state index is 0.0428. The molecule has 0 aromatic heterocycles. The molecule has 0 aliphatic carbocycles. The number of carbonyl (C=O) groups is 1. The van der Waals surface area contributed by atoms with Crippen LogP contribution in [0.15, 0.2) is 23.8 Å². The number of aliphatic carboxylic acids is 1. The molecule has 7 aliphatic rings. The van der Waals surface area contributed by atoms with E-state index in [9.17, 15) is 30.3 Å². The van der Waals surface area contributed by atoms with Crippen molar-refractivity contribution in [2.75, 3.05) is 6.61 Å². The molecule has 0 unspecified atom stereocenters. The van der Waals surface area contributed by atoms with Gasteiger partial charge in [-0.3, -0.25) is 0 Å². The third-order valence-electron chi connectivity index (χ3n) is 14.9. The highest BCUT2D eigenvalue weighted by molar-refractivity contribution is 5.76. The third-order valence-corrected chi connectivity index (χ3v) is 14.9. The van der Waals surface area contributed by atoms with E-state index in [1.807, 2.05) is 13.0 Å². The van der Waals surface area contributed by atoms with Crippen LogP contribution in [0.1, 0.15) is 138 Å². The van der Waals surface area contributed by atoms with Crippen molar-refractivity contribution in [3.8, 4) is 0 Å². The molecule has 7 heterocycles. The van der Waals surface area contributed by atoms with E-state index in [1.54, 1.807) is 0 Å². The van der Waals surface area contributed by atoms with E-state index in [4.69, 9.17) is 33.2 Å². The van der Waals surface area contributed by atoms with Crippen molar-refractivity contribution < 1.29 is 63.5 Å². The maximum atomic E-state index is 11.6. The quantitative estimate of drug-likeness (QED) is 0.161. The summed E-state index contributed by atoms with van der Waals surface area (Å²) < 4.78 is 45.7. The van der Waals surface area contributed by atoms with Gasteiger partial charge in [0.15, 0.2) is 17.2 Å². The van der Waals surface area contributed by atoms with Gasteiger partial charge in [0.05, 0.1) is 43.2 Å². The Morgan fingerprint density at radius 1 is 0.966 bits per heavy atom. The molecule has 330 valence electrons. The van der Waals surface area contributed by atoms with Crippen LogP contribution in [-0.2, 0) is 38.0 Å². The second kappa shape index (κ2) is 17.3. The summed E-state index contributed by atoms with van der Waals surface area (Å²) in [4.78, 5) is 11.6. The second-order valence-corrected chi connectivity index (χ2v) is 19.8. The normalized spacial score (nSPS) is 46.0. The van der Waals surface area contributed by atoms with E-state index in [2.05, 4.69) is 34.3 Å². The number of rotatable bonds is 11. The number of ether oxygens (including phenoxy) is 7. The molecular formula is C45H72O13. The molecule has 0 saturated carbocycles. The number of hydrogen-bond acceptors (Lipinski definition) is 12. The van der Waals surface area contributed by atoms with Crippen molar-refractivity contribution >= 4 is 5.97 Å². The predicted octanol–water partition coefficient (Wildman–Crippen LogP) is 5.68. The second-order valence-electron chi connectivity index (χ2n) is 19.8. The highest BCUT2D eigenvalue weighted by atomic mass is 16.7. The first-order chi connectivity index (χ1) is 27.3. The van der Waals surface area contributed by atoms with Gasteiger partial charge in [0.25, 0.3) is 0 Å². The number of fused-ring (bicyclic) bond motifs is 1. The first-order valence-electron chi connectivity index (χ1n) is 22.4. The van der Waals surface area contributed by atoms with E-state index in [-0.39, 0.29) is 36.6 Å². The van der Waals surface area contributed by atoms with Crippen LogP contribution in [0.25, 0.3) is 0 Å². The predicted molar refractivity (Wildman–Crippen MR) is 212 cm³/mol. The van der Waals surface area contributed by atoms with Gasteiger partial charge < -0.3 is 58.7 Å². The Balaban J connectivity index is 0.900. The lowest BCUT2D eigenvalue weighted by molar-refractivity contribution is -0.334. The first-order valence-corrected chi connectivity index (χ1v) is 22.4. The fraction of sp³-hybridized carbons (Fsp3) is 0.889. The Hall–Kier alpha value is -1.49. The van der Waals surface area contributed by atoms with Crippen molar-refractivity contribution in [1.82, 2.24) is 0 Å². The molecule has 0 amide bonds. The van der Waals surface area contributed by atoms with Gasteiger partial charge in [-0.25, -0.2) is 4.79 Å². The molecule has 3 spiro atoms. The molecule has 6 fully saturated rings. The highest BCUT2D eigenvalue weighted by Gasteiger charge is 2.55. The SMILES string of the molecule is C=C1[C@@H](O)[C@@H]2O[C@]3(CC[C@H](CC[C@@H](C)[C@@H]4CC(C)=C[C@@]5(O[C@H](C[C@@](C)(O)C(=O)O)CC[C@H]5O)O4)O3)CC[C@H]2O[C@@H]1[C@@H](O)C[C@H](C)[C@H]1O[C@@]2(CC[C@H]1C)OCCC[C@H]2C. The van der Waals surface area contributed by atoms with Crippen LogP contribution < -0.4 is 0 Å². The Morgan fingerprint density at radius 3 is 2.47 bits per heavy atom. The Morgan fingerprint density at radius 2 is 1.72 bits per heavy atom. The standard InChI is InChI=1S/C45H72O13/c1-25-21-35(56-45(23-25)36(47)13-12-32(55-45)24-42(7,51)41(49)50)26(2)10-11-31-15-17-43(54-31)18-16-34-40(57-43)37(48)30(6)39(53-34)33(46)22-28(4)38-27(3)14-19-44(58-38)29(5)9-8-20-52-44/h23,26-29,31-40,46-48,51H,6,8-22,24H2,1-5,7H3,(H,49,50)/t26-,27-,28+,29-,31+,32+,33+,34-,35+,36-,37-,38+,39+,40-,42-,43-,44-,45-/m1/s1. The van der Waals surface area contributed by atoms with Gasteiger partial charge >= 0.3 is 5.97 Å². The molecule has 58 heavy (non-hydrogen) atoms. The number of aliphatic hydroxyl groups excluding tert-OH is 3. The summed E-state index contributed by atoms with van der Waals surface area (Å²) in [7, 11) is 0. The lowest BCUT2D eigenvalue weighted by Gasteiger charge is -2.51. The first kappa shape index (κ1) is 44.6. The van der Waals surface area contributed by atoms with Crippen LogP contribution in [0, 0.1) is 23.7 Å². The zero-order valence-corrected chi connectivity index (χ0v) is 35.7. The van der Waals surface area contributed by atoms with Gasteiger partial charge in [0.1, 0.15) is 24.4 Å². The molecule has 0 aromatic carbocycles. The Bertz CT molecular complexity index is 1500. The van der Waals surface area contributed by atoms with Gasteiger partial charge in [-0.1, -0.05) is 39.8 Å². The maximum absolute atomic E-state index is 11.6. The van der Waals surface area contributed by atoms with Gasteiger partial charge in [0, 0.05) is 31.6 Å². The molecule has 0 bridgehead atoms. The topological polar surface area (TPSA) is 183 Å². The van der Waals surface area contributed by atoms with E-state index in [0.29, 0.717) is 62.4 Å².